The number of ether oxygens (including phenoxy) is 3. The summed E-state index contributed by atoms with van der Waals surface area (Å²) in [6.07, 6.45) is 3.87. The van der Waals surface area contributed by atoms with Crippen LogP contribution in [0.15, 0.2) is 12.1 Å². The first-order valence-electron chi connectivity index (χ1n) is 9.73. The molecule has 1 spiro atoms. The number of pyridine rings is 1. The lowest BCUT2D eigenvalue weighted by molar-refractivity contribution is -0.133. The van der Waals surface area contributed by atoms with E-state index in [0.717, 1.165) is 25.7 Å². The van der Waals surface area contributed by atoms with Crippen molar-refractivity contribution in [2.45, 2.75) is 37.7 Å². The van der Waals surface area contributed by atoms with E-state index in [1.807, 2.05) is 4.90 Å². The van der Waals surface area contributed by atoms with Crippen molar-refractivity contribution in [2.75, 3.05) is 41.0 Å². The van der Waals surface area contributed by atoms with Gasteiger partial charge in [0.05, 0.1) is 19.8 Å². The van der Waals surface area contributed by atoms with Crippen molar-refractivity contribution in [1.82, 2.24) is 15.2 Å². The summed E-state index contributed by atoms with van der Waals surface area (Å²) in [5, 5.41) is 2.70. The molecule has 8 nitrogen and oxygen atoms in total. The molecule has 0 bridgehead atoms. The normalized spacial score (nSPS) is 21.2. The summed E-state index contributed by atoms with van der Waals surface area (Å²) in [5.41, 5.74) is 0.206. The van der Waals surface area contributed by atoms with E-state index >= 15 is 0 Å². The smallest absolute Gasteiger partial charge is 0.259 e. The summed E-state index contributed by atoms with van der Waals surface area (Å²) in [6, 6.07) is 3.35. The van der Waals surface area contributed by atoms with E-state index < -0.39 is 0 Å². The van der Waals surface area contributed by atoms with Crippen LogP contribution in [-0.4, -0.2) is 68.3 Å². The van der Waals surface area contributed by atoms with Gasteiger partial charge in [-0.05, 0) is 37.7 Å². The summed E-state index contributed by atoms with van der Waals surface area (Å²) >= 11 is 0. The second kappa shape index (κ2) is 8.77. The first-order chi connectivity index (χ1) is 13.5. The lowest BCUT2D eigenvalue weighted by Crippen LogP contribution is -2.51. The second-order valence-electron chi connectivity index (χ2n) is 7.47. The van der Waals surface area contributed by atoms with Crippen LogP contribution in [0.5, 0.6) is 11.8 Å². The molecule has 2 fully saturated rings. The van der Waals surface area contributed by atoms with Gasteiger partial charge >= 0.3 is 0 Å². The first-order valence-corrected chi connectivity index (χ1v) is 9.73. The largest absolute Gasteiger partial charge is 0.481 e. The molecule has 0 radical (unpaired) electrons. The van der Waals surface area contributed by atoms with Crippen LogP contribution in [0.25, 0.3) is 0 Å². The number of piperidine rings is 1. The lowest BCUT2D eigenvalue weighted by Gasteiger charge is -2.46. The van der Waals surface area contributed by atoms with Gasteiger partial charge in [-0.25, -0.2) is 0 Å². The monoisotopic (exact) mass is 391 g/mol. The lowest BCUT2D eigenvalue weighted by atomic mass is 9.78. The topological polar surface area (TPSA) is 90.0 Å². The minimum atomic E-state index is -0.226. The van der Waals surface area contributed by atoms with E-state index in [4.69, 9.17) is 14.2 Å². The highest BCUT2D eigenvalue weighted by atomic mass is 16.5. The Labute approximate surface area is 165 Å². The van der Waals surface area contributed by atoms with E-state index in [2.05, 4.69) is 10.3 Å². The van der Waals surface area contributed by atoms with E-state index in [1.165, 1.54) is 14.2 Å². The fourth-order valence-electron chi connectivity index (χ4n) is 4.16. The van der Waals surface area contributed by atoms with Gasteiger partial charge in [0, 0.05) is 39.2 Å². The Morgan fingerprint density at radius 1 is 1.29 bits per heavy atom. The molecule has 1 N–H and O–H groups in total. The van der Waals surface area contributed by atoms with Crippen LogP contribution in [-0.2, 0) is 9.53 Å². The average molecular weight is 391 g/mol. The molecule has 8 heteroatoms. The quantitative estimate of drug-likeness (QED) is 0.821. The molecule has 0 aliphatic carbocycles. The summed E-state index contributed by atoms with van der Waals surface area (Å²) < 4.78 is 16.5. The molecular formula is C20H29N3O5. The summed E-state index contributed by atoms with van der Waals surface area (Å²) in [5.74, 6) is 0.989. The molecular weight excluding hydrogens is 362 g/mol. The molecule has 3 rings (SSSR count). The SMILES string of the molecule is CNC(=O)CC1CCOC2(CCN(C(=O)c3ccc(OC)nc3OC)CC2)C1. The fraction of sp³-hybridized carbons (Fsp3) is 0.650. The Bertz CT molecular complexity index is 716. The number of aromatic nitrogens is 1. The Morgan fingerprint density at radius 3 is 2.68 bits per heavy atom. The third-order valence-electron chi connectivity index (χ3n) is 5.78. The second-order valence-corrected chi connectivity index (χ2v) is 7.47. The zero-order valence-electron chi connectivity index (χ0n) is 16.8. The number of carbonyl (C=O) groups is 2. The highest BCUT2D eigenvalue weighted by Gasteiger charge is 2.41. The predicted molar refractivity (Wildman–Crippen MR) is 103 cm³/mol. The van der Waals surface area contributed by atoms with Crippen LogP contribution < -0.4 is 14.8 Å². The molecule has 2 saturated heterocycles. The van der Waals surface area contributed by atoms with Crippen molar-refractivity contribution in [2.24, 2.45) is 5.92 Å². The van der Waals surface area contributed by atoms with Gasteiger partial charge in [0.1, 0.15) is 5.56 Å². The summed E-state index contributed by atoms with van der Waals surface area (Å²) in [6.45, 7) is 1.90. The first kappa shape index (κ1) is 20.4. The van der Waals surface area contributed by atoms with Crippen LogP contribution in [0.2, 0.25) is 0 Å². The Balaban J connectivity index is 1.63. The molecule has 1 atom stereocenters. The number of carbonyl (C=O) groups excluding carboxylic acids is 2. The highest BCUT2D eigenvalue weighted by molar-refractivity contribution is 5.96. The minimum absolute atomic E-state index is 0.0776. The zero-order chi connectivity index (χ0) is 20.1. The standard InChI is InChI=1S/C20H29N3O5/c1-21-16(24)12-14-6-11-28-20(13-14)7-9-23(10-8-20)19(25)15-4-5-17(26-2)22-18(15)27-3/h4-5,14H,6-13H2,1-3H3,(H,21,24). The van der Waals surface area contributed by atoms with Gasteiger partial charge in [-0.3, -0.25) is 9.59 Å². The number of nitrogens with one attached hydrogen (secondary N) is 1. The number of methoxy groups -OCH3 is 2. The van der Waals surface area contributed by atoms with Crippen molar-refractivity contribution in [3.8, 4) is 11.8 Å². The molecule has 0 saturated carbocycles. The van der Waals surface area contributed by atoms with Gasteiger partial charge in [-0.1, -0.05) is 0 Å². The third-order valence-corrected chi connectivity index (χ3v) is 5.78. The van der Waals surface area contributed by atoms with Crippen LogP contribution >= 0.6 is 0 Å². The number of amides is 2. The molecule has 28 heavy (non-hydrogen) atoms. The van der Waals surface area contributed by atoms with Crippen LogP contribution in [0.3, 0.4) is 0 Å². The number of likely N-dealkylation sites (tertiary alicyclic amines) is 1. The van der Waals surface area contributed by atoms with E-state index in [0.29, 0.717) is 43.5 Å². The minimum Gasteiger partial charge on any atom is -0.481 e. The number of hydrogen-bond acceptors (Lipinski definition) is 6. The van der Waals surface area contributed by atoms with E-state index in [-0.39, 0.29) is 23.3 Å². The molecule has 3 heterocycles. The molecule has 154 valence electrons. The van der Waals surface area contributed by atoms with Crippen molar-refractivity contribution >= 4 is 11.8 Å². The van der Waals surface area contributed by atoms with E-state index in [9.17, 15) is 9.59 Å². The molecule has 2 amide bonds. The average Bonchev–Trinajstić information content (AvgIpc) is 2.73. The molecule has 1 aromatic heterocycles. The number of nitrogens with zero attached hydrogens (tertiary/aromatic N) is 2. The van der Waals surface area contributed by atoms with Crippen LogP contribution in [0.4, 0.5) is 0 Å². The predicted octanol–water partition coefficient (Wildman–Crippen LogP) is 1.64. The van der Waals surface area contributed by atoms with E-state index in [1.54, 1.807) is 19.2 Å². The van der Waals surface area contributed by atoms with Gasteiger partial charge in [-0.15, -0.1) is 0 Å². The van der Waals surface area contributed by atoms with Crippen LogP contribution in [0, 0.1) is 5.92 Å². The van der Waals surface area contributed by atoms with Gasteiger partial charge in [0.25, 0.3) is 5.91 Å². The third kappa shape index (κ3) is 4.38. The summed E-state index contributed by atoms with van der Waals surface area (Å²) in [7, 11) is 4.69. The van der Waals surface area contributed by atoms with Gasteiger partial charge in [0.2, 0.25) is 17.7 Å². The van der Waals surface area contributed by atoms with Crippen molar-refractivity contribution < 1.29 is 23.8 Å². The zero-order valence-corrected chi connectivity index (χ0v) is 16.8. The molecule has 1 aromatic rings. The van der Waals surface area contributed by atoms with Crippen molar-refractivity contribution in [3.63, 3.8) is 0 Å². The molecule has 2 aliphatic rings. The number of rotatable bonds is 5. The summed E-state index contributed by atoms with van der Waals surface area (Å²) in [4.78, 5) is 30.7. The maximum absolute atomic E-state index is 13.0. The fourth-order valence-corrected chi connectivity index (χ4v) is 4.16. The molecule has 0 aromatic carbocycles. The van der Waals surface area contributed by atoms with Gasteiger partial charge < -0.3 is 24.4 Å². The highest BCUT2D eigenvalue weighted by Crippen LogP contribution is 2.39. The Morgan fingerprint density at radius 2 is 2.04 bits per heavy atom. The molecule has 1 unspecified atom stereocenters. The maximum Gasteiger partial charge on any atom is 0.259 e. The Kier molecular flexibility index (Phi) is 6.39. The van der Waals surface area contributed by atoms with Crippen molar-refractivity contribution in [1.29, 1.82) is 0 Å². The van der Waals surface area contributed by atoms with Crippen LogP contribution in [0.1, 0.15) is 42.5 Å². The van der Waals surface area contributed by atoms with Gasteiger partial charge in [0.15, 0.2) is 0 Å². The Hall–Kier alpha value is -2.35. The number of hydrogen-bond donors (Lipinski definition) is 1. The van der Waals surface area contributed by atoms with Gasteiger partial charge in [-0.2, -0.15) is 4.98 Å². The molecule has 2 aliphatic heterocycles. The maximum atomic E-state index is 13.0. The van der Waals surface area contributed by atoms with Crippen molar-refractivity contribution in [3.05, 3.63) is 17.7 Å².